The van der Waals surface area contributed by atoms with Gasteiger partial charge in [-0.1, -0.05) is 30.3 Å². The first-order valence-electron chi connectivity index (χ1n) is 9.63. The lowest BCUT2D eigenvalue weighted by Gasteiger charge is -2.32. The standard InChI is InChI=1S/C22H22N6/c1-16-15-27(14-13-24-16)20-8-7-19-25-21(17-5-3-2-4-6-17)22(28(19)26-20)18-9-11-23-12-10-18/h2-12,16,24H,13-15H2,1H3/t16-/m0/s1. The van der Waals surface area contributed by atoms with Gasteiger partial charge in [0.1, 0.15) is 11.5 Å². The quantitative estimate of drug-likeness (QED) is 0.600. The Morgan fingerprint density at radius 1 is 0.964 bits per heavy atom. The Kier molecular flexibility index (Phi) is 4.25. The summed E-state index contributed by atoms with van der Waals surface area (Å²) in [5.41, 5.74) is 4.91. The molecule has 28 heavy (non-hydrogen) atoms. The lowest BCUT2D eigenvalue weighted by Crippen LogP contribution is -2.49. The van der Waals surface area contributed by atoms with Crippen LogP contribution in [0.25, 0.3) is 28.2 Å². The number of fused-ring (bicyclic) bond motifs is 1. The molecule has 0 unspecified atom stereocenters. The summed E-state index contributed by atoms with van der Waals surface area (Å²) in [5, 5.41) is 8.47. The van der Waals surface area contributed by atoms with E-state index in [2.05, 4.69) is 46.4 Å². The number of aromatic nitrogens is 4. The number of nitrogens with one attached hydrogen (secondary N) is 1. The van der Waals surface area contributed by atoms with Crippen molar-refractivity contribution in [3.63, 3.8) is 0 Å². The Bertz CT molecular complexity index is 1090. The average molecular weight is 370 g/mol. The van der Waals surface area contributed by atoms with Gasteiger partial charge in [0.15, 0.2) is 5.65 Å². The molecule has 0 amide bonds. The Labute approximate surface area is 163 Å². The van der Waals surface area contributed by atoms with Crippen LogP contribution in [0.15, 0.2) is 67.0 Å². The largest absolute Gasteiger partial charge is 0.352 e. The van der Waals surface area contributed by atoms with Gasteiger partial charge in [0.05, 0.1) is 5.69 Å². The van der Waals surface area contributed by atoms with E-state index in [0.717, 1.165) is 53.6 Å². The van der Waals surface area contributed by atoms with Crippen LogP contribution in [-0.4, -0.2) is 45.3 Å². The minimum atomic E-state index is 0.452. The highest BCUT2D eigenvalue weighted by Gasteiger charge is 2.20. The molecule has 4 aromatic rings. The van der Waals surface area contributed by atoms with Crippen LogP contribution >= 0.6 is 0 Å². The number of imidazole rings is 1. The summed E-state index contributed by atoms with van der Waals surface area (Å²) in [7, 11) is 0. The van der Waals surface area contributed by atoms with E-state index in [1.54, 1.807) is 0 Å². The van der Waals surface area contributed by atoms with Crippen LogP contribution in [0.5, 0.6) is 0 Å². The third kappa shape index (κ3) is 3.01. The topological polar surface area (TPSA) is 58.4 Å². The summed E-state index contributed by atoms with van der Waals surface area (Å²) < 4.78 is 1.97. The Balaban J connectivity index is 1.70. The van der Waals surface area contributed by atoms with Crippen LogP contribution in [0.4, 0.5) is 5.82 Å². The number of hydrogen-bond acceptors (Lipinski definition) is 5. The third-order valence-electron chi connectivity index (χ3n) is 5.16. The smallest absolute Gasteiger partial charge is 0.155 e. The van der Waals surface area contributed by atoms with Crippen molar-refractivity contribution in [3.8, 4) is 22.5 Å². The molecule has 1 aliphatic heterocycles. The predicted molar refractivity (Wildman–Crippen MR) is 111 cm³/mol. The molecule has 140 valence electrons. The SMILES string of the molecule is C[C@H]1CN(c2ccc3nc(-c4ccccc4)c(-c4ccncc4)n3n2)CCN1. The van der Waals surface area contributed by atoms with Crippen LogP contribution < -0.4 is 10.2 Å². The number of nitrogens with zero attached hydrogens (tertiary/aromatic N) is 5. The molecule has 0 saturated carbocycles. The number of anilines is 1. The van der Waals surface area contributed by atoms with E-state index in [-0.39, 0.29) is 0 Å². The van der Waals surface area contributed by atoms with Gasteiger partial charge < -0.3 is 10.2 Å². The fourth-order valence-corrected chi connectivity index (χ4v) is 3.80. The molecular weight excluding hydrogens is 348 g/mol. The van der Waals surface area contributed by atoms with Crippen molar-refractivity contribution in [2.75, 3.05) is 24.5 Å². The van der Waals surface area contributed by atoms with E-state index >= 15 is 0 Å². The maximum absolute atomic E-state index is 4.99. The van der Waals surface area contributed by atoms with E-state index in [9.17, 15) is 0 Å². The molecule has 1 saturated heterocycles. The molecule has 0 bridgehead atoms. The molecule has 1 N–H and O–H groups in total. The molecule has 1 aromatic carbocycles. The zero-order valence-corrected chi connectivity index (χ0v) is 15.8. The monoisotopic (exact) mass is 370 g/mol. The lowest BCUT2D eigenvalue weighted by molar-refractivity contribution is 0.481. The zero-order valence-electron chi connectivity index (χ0n) is 15.8. The normalized spacial score (nSPS) is 17.2. The molecule has 0 spiro atoms. The van der Waals surface area contributed by atoms with E-state index in [0.29, 0.717) is 6.04 Å². The molecule has 1 atom stereocenters. The Hall–Kier alpha value is -3.25. The number of pyridine rings is 1. The molecule has 0 radical (unpaired) electrons. The van der Waals surface area contributed by atoms with Gasteiger partial charge in [0, 0.05) is 49.2 Å². The summed E-state index contributed by atoms with van der Waals surface area (Å²) in [6, 6.07) is 18.9. The van der Waals surface area contributed by atoms with Crippen LogP contribution in [0.2, 0.25) is 0 Å². The van der Waals surface area contributed by atoms with Crippen LogP contribution in [0.3, 0.4) is 0 Å². The summed E-state index contributed by atoms with van der Waals surface area (Å²) in [6.45, 7) is 5.08. The van der Waals surface area contributed by atoms with Crippen LogP contribution in [-0.2, 0) is 0 Å². The minimum Gasteiger partial charge on any atom is -0.352 e. The van der Waals surface area contributed by atoms with Crippen molar-refractivity contribution in [2.45, 2.75) is 13.0 Å². The van der Waals surface area contributed by atoms with Crippen molar-refractivity contribution in [1.29, 1.82) is 0 Å². The molecule has 6 nitrogen and oxygen atoms in total. The molecule has 5 rings (SSSR count). The second kappa shape index (κ2) is 7.05. The summed E-state index contributed by atoms with van der Waals surface area (Å²) in [6.07, 6.45) is 3.62. The molecule has 1 fully saturated rings. The van der Waals surface area contributed by atoms with Crippen molar-refractivity contribution in [1.82, 2.24) is 24.9 Å². The van der Waals surface area contributed by atoms with Gasteiger partial charge in [0.2, 0.25) is 0 Å². The van der Waals surface area contributed by atoms with E-state index in [1.807, 2.05) is 47.2 Å². The Morgan fingerprint density at radius 3 is 2.57 bits per heavy atom. The maximum atomic E-state index is 4.99. The molecule has 3 aromatic heterocycles. The lowest BCUT2D eigenvalue weighted by atomic mass is 10.1. The second-order valence-corrected chi connectivity index (χ2v) is 7.17. The van der Waals surface area contributed by atoms with Gasteiger partial charge >= 0.3 is 0 Å². The first-order chi connectivity index (χ1) is 13.8. The molecule has 4 heterocycles. The van der Waals surface area contributed by atoms with Crippen molar-refractivity contribution in [2.24, 2.45) is 0 Å². The van der Waals surface area contributed by atoms with Crippen molar-refractivity contribution >= 4 is 11.5 Å². The first-order valence-corrected chi connectivity index (χ1v) is 9.63. The minimum absolute atomic E-state index is 0.452. The van der Waals surface area contributed by atoms with Crippen molar-refractivity contribution in [3.05, 3.63) is 67.0 Å². The Morgan fingerprint density at radius 2 is 1.79 bits per heavy atom. The fraction of sp³-hybridized carbons (Fsp3) is 0.227. The van der Waals surface area contributed by atoms with Gasteiger partial charge in [-0.05, 0) is 31.2 Å². The van der Waals surface area contributed by atoms with Gasteiger partial charge in [-0.15, -0.1) is 5.10 Å². The van der Waals surface area contributed by atoms with Gasteiger partial charge in [-0.3, -0.25) is 4.98 Å². The highest BCUT2D eigenvalue weighted by Crippen LogP contribution is 2.32. The molecule has 6 heteroatoms. The average Bonchev–Trinajstić information content (AvgIpc) is 3.14. The molecule has 0 aliphatic carbocycles. The maximum Gasteiger partial charge on any atom is 0.155 e. The van der Waals surface area contributed by atoms with E-state index in [1.165, 1.54) is 0 Å². The van der Waals surface area contributed by atoms with Gasteiger partial charge in [-0.25, -0.2) is 9.50 Å². The summed E-state index contributed by atoms with van der Waals surface area (Å²) in [5.74, 6) is 0.980. The number of piperazine rings is 1. The molecular formula is C22H22N6. The highest BCUT2D eigenvalue weighted by atomic mass is 15.3. The third-order valence-corrected chi connectivity index (χ3v) is 5.16. The summed E-state index contributed by atoms with van der Waals surface area (Å²) in [4.78, 5) is 11.4. The number of hydrogen-bond donors (Lipinski definition) is 1. The zero-order chi connectivity index (χ0) is 18.9. The fourth-order valence-electron chi connectivity index (χ4n) is 3.80. The van der Waals surface area contributed by atoms with E-state index in [4.69, 9.17) is 10.1 Å². The van der Waals surface area contributed by atoms with Crippen LogP contribution in [0.1, 0.15) is 6.92 Å². The second-order valence-electron chi connectivity index (χ2n) is 7.17. The van der Waals surface area contributed by atoms with Crippen LogP contribution in [0, 0.1) is 0 Å². The highest BCUT2D eigenvalue weighted by molar-refractivity contribution is 5.81. The van der Waals surface area contributed by atoms with E-state index < -0.39 is 0 Å². The first kappa shape index (κ1) is 16.9. The molecule has 1 aliphatic rings. The number of benzene rings is 1. The van der Waals surface area contributed by atoms with Crippen molar-refractivity contribution < 1.29 is 0 Å². The number of rotatable bonds is 3. The van der Waals surface area contributed by atoms with Gasteiger partial charge in [-0.2, -0.15) is 0 Å². The van der Waals surface area contributed by atoms with Gasteiger partial charge in [0.25, 0.3) is 0 Å². The predicted octanol–water partition coefficient (Wildman–Crippen LogP) is 3.26. The summed E-state index contributed by atoms with van der Waals surface area (Å²) >= 11 is 0.